The zero-order chi connectivity index (χ0) is 9.68. The van der Waals surface area contributed by atoms with Crippen molar-refractivity contribution in [1.82, 2.24) is 0 Å². The Morgan fingerprint density at radius 3 is 2.77 bits per heavy atom. The molecule has 1 aliphatic carbocycles. The largest absolute Gasteiger partial charge is 0.469 e. The number of carbonyl (C=O) groups is 1. The van der Waals surface area contributed by atoms with Crippen molar-refractivity contribution in [2.24, 2.45) is 11.7 Å². The first kappa shape index (κ1) is 10.5. The van der Waals surface area contributed by atoms with E-state index in [0.717, 1.165) is 12.8 Å². The molecule has 13 heavy (non-hydrogen) atoms. The van der Waals surface area contributed by atoms with Gasteiger partial charge in [-0.3, -0.25) is 4.79 Å². The second-order valence-corrected chi connectivity index (χ2v) is 3.84. The molecule has 3 nitrogen and oxygen atoms in total. The maximum atomic E-state index is 11.1. The van der Waals surface area contributed by atoms with Gasteiger partial charge in [-0.15, -0.1) is 0 Å². The third kappa shape index (κ3) is 3.35. The number of esters is 1. The first-order valence-corrected chi connectivity index (χ1v) is 5.06. The first-order chi connectivity index (χ1) is 6.24. The molecule has 2 N–H and O–H groups in total. The van der Waals surface area contributed by atoms with E-state index in [2.05, 4.69) is 4.74 Å². The number of nitrogens with two attached hydrogens (primary N) is 1. The van der Waals surface area contributed by atoms with E-state index < -0.39 is 0 Å². The van der Waals surface area contributed by atoms with Crippen molar-refractivity contribution in [3.05, 3.63) is 0 Å². The minimum Gasteiger partial charge on any atom is -0.469 e. The van der Waals surface area contributed by atoms with Crippen molar-refractivity contribution in [1.29, 1.82) is 0 Å². The van der Waals surface area contributed by atoms with Crippen LogP contribution in [-0.4, -0.2) is 19.1 Å². The topological polar surface area (TPSA) is 52.3 Å². The summed E-state index contributed by atoms with van der Waals surface area (Å²) in [5, 5.41) is 0. The molecule has 76 valence electrons. The van der Waals surface area contributed by atoms with Crippen molar-refractivity contribution in [2.75, 3.05) is 7.11 Å². The van der Waals surface area contributed by atoms with Crippen LogP contribution in [0.5, 0.6) is 0 Å². The molecule has 3 heteroatoms. The molecule has 0 aromatic carbocycles. The van der Waals surface area contributed by atoms with E-state index in [4.69, 9.17) is 5.73 Å². The minimum atomic E-state index is -0.123. The standard InChI is InChI=1S/C10H19NO2/c1-13-10(12)7-8-5-3-2-4-6-9(8)11/h8-9H,2-7,11H2,1H3. The van der Waals surface area contributed by atoms with Crippen LogP contribution in [0.2, 0.25) is 0 Å². The predicted octanol–water partition coefficient (Wildman–Crippen LogP) is 1.46. The Morgan fingerprint density at radius 1 is 1.38 bits per heavy atom. The lowest BCUT2D eigenvalue weighted by atomic mass is 9.92. The summed E-state index contributed by atoms with van der Waals surface area (Å²) < 4.78 is 4.65. The summed E-state index contributed by atoms with van der Waals surface area (Å²) in [5.41, 5.74) is 5.97. The van der Waals surface area contributed by atoms with Crippen LogP contribution in [-0.2, 0) is 9.53 Å². The van der Waals surface area contributed by atoms with Gasteiger partial charge in [-0.2, -0.15) is 0 Å². The van der Waals surface area contributed by atoms with E-state index in [1.54, 1.807) is 0 Å². The van der Waals surface area contributed by atoms with E-state index in [0.29, 0.717) is 12.3 Å². The lowest BCUT2D eigenvalue weighted by Crippen LogP contribution is -2.30. The highest BCUT2D eigenvalue weighted by molar-refractivity contribution is 5.69. The Labute approximate surface area is 79.6 Å². The van der Waals surface area contributed by atoms with Crippen LogP contribution >= 0.6 is 0 Å². The van der Waals surface area contributed by atoms with Crippen LogP contribution in [0.15, 0.2) is 0 Å². The van der Waals surface area contributed by atoms with Crippen LogP contribution in [0.4, 0.5) is 0 Å². The number of hydrogen-bond donors (Lipinski definition) is 1. The van der Waals surface area contributed by atoms with Crippen molar-refractivity contribution < 1.29 is 9.53 Å². The maximum Gasteiger partial charge on any atom is 0.305 e. The summed E-state index contributed by atoms with van der Waals surface area (Å²) in [4.78, 5) is 11.1. The molecule has 0 radical (unpaired) electrons. The minimum absolute atomic E-state index is 0.123. The molecule has 0 aromatic rings. The zero-order valence-corrected chi connectivity index (χ0v) is 8.29. The van der Waals surface area contributed by atoms with E-state index in [9.17, 15) is 4.79 Å². The number of hydrogen-bond acceptors (Lipinski definition) is 3. The second-order valence-electron chi connectivity index (χ2n) is 3.84. The zero-order valence-electron chi connectivity index (χ0n) is 8.29. The van der Waals surface area contributed by atoms with Crippen molar-refractivity contribution in [2.45, 2.75) is 44.6 Å². The average molecular weight is 185 g/mol. The number of ether oxygens (including phenoxy) is 1. The van der Waals surface area contributed by atoms with Gasteiger partial charge in [0.05, 0.1) is 7.11 Å². The van der Waals surface area contributed by atoms with Crippen LogP contribution in [0.1, 0.15) is 38.5 Å². The van der Waals surface area contributed by atoms with E-state index in [1.165, 1.54) is 26.4 Å². The Bertz CT molecular complexity index is 170. The Morgan fingerprint density at radius 2 is 2.08 bits per heavy atom. The van der Waals surface area contributed by atoms with Gasteiger partial charge in [-0.25, -0.2) is 0 Å². The van der Waals surface area contributed by atoms with Crippen LogP contribution in [0, 0.1) is 5.92 Å². The molecule has 0 amide bonds. The van der Waals surface area contributed by atoms with E-state index in [1.807, 2.05) is 0 Å². The van der Waals surface area contributed by atoms with Gasteiger partial charge in [0, 0.05) is 12.5 Å². The Kier molecular flexibility index (Phi) is 4.22. The van der Waals surface area contributed by atoms with Gasteiger partial charge >= 0.3 is 5.97 Å². The summed E-state index contributed by atoms with van der Waals surface area (Å²) in [7, 11) is 1.44. The Hall–Kier alpha value is -0.570. The highest BCUT2D eigenvalue weighted by Gasteiger charge is 2.22. The van der Waals surface area contributed by atoms with Crippen LogP contribution in [0.25, 0.3) is 0 Å². The normalized spacial score (nSPS) is 29.4. The molecule has 1 aliphatic rings. The second kappa shape index (κ2) is 5.22. The molecule has 1 saturated carbocycles. The van der Waals surface area contributed by atoms with Gasteiger partial charge < -0.3 is 10.5 Å². The lowest BCUT2D eigenvalue weighted by Gasteiger charge is -2.19. The average Bonchev–Trinajstić information content (AvgIpc) is 2.32. The molecule has 0 aromatic heterocycles. The van der Waals surface area contributed by atoms with Gasteiger partial charge in [0.2, 0.25) is 0 Å². The SMILES string of the molecule is COC(=O)CC1CCCCCC1N. The van der Waals surface area contributed by atoms with E-state index in [-0.39, 0.29) is 12.0 Å². The molecular weight excluding hydrogens is 166 g/mol. The quantitative estimate of drug-likeness (QED) is 0.523. The molecule has 0 bridgehead atoms. The van der Waals surface area contributed by atoms with Crippen molar-refractivity contribution in [3.8, 4) is 0 Å². The predicted molar refractivity (Wildman–Crippen MR) is 51.2 cm³/mol. The first-order valence-electron chi connectivity index (χ1n) is 5.06. The maximum absolute atomic E-state index is 11.1. The van der Waals surface area contributed by atoms with Gasteiger partial charge in [0.15, 0.2) is 0 Å². The number of rotatable bonds is 2. The molecule has 2 atom stereocenters. The molecule has 0 spiro atoms. The molecular formula is C10H19NO2. The fourth-order valence-corrected chi connectivity index (χ4v) is 1.96. The van der Waals surface area contributed by atoms with Crippen molar-refractivity contribution >= 4 is 5.97 Å². The third-order valence-electron chi connectivity index (χ3n) is 2.87. The highest BCUT2D eigenvalue weighted by Crippen LogP contribution is 2.24. The summed E-state index contributed by atoms with van der Waals surface area (Å²) in [6.45, 7) is 0. The molecule has 2 unspecified atom stereocenters. The fourth-order valence-electron chi connectivity index (χ4n) is 1.96. The highest BCUT2D eigenvalue weighted by atomic mass is 16.5. The van der Waals surface area contributed by atoms with Gasteiger partial charge in [0.1, 0.15) is 0 Å². The fraction of sp³-hybridized carbons (Fsp3) is 0.900. The summed E-state index contributed by atoms with van der Waals surface area (Å²) in [6, 6.07) is 0.196. The third-order valence-corrected chi connectivity index (χ3v) is 2.87. The summed E-state index contributed by atoms with van der Waals surface area (Å²) >= 11 is 0. The van der Waals surface area contributed by atoms with E-state index >= 15 is 0 Å². The molecule has 1 rings (SSSR count). The summed E-state index contributed by atoms with van der Waals surface area (Å²) in [6.07, 6.45) is 6.30. The lowest BCUT2D eigenvalue weighted by molar-refractivity contribution is -0.141. The van der Waals surface area contributed by atoms with Crippen LogP contribution < -0.4 is 5.73 Å². The number of methoxy groups -OCH3 is 1. The summed E-state index contributed by atoms with van der Waals surface area (Å²) in [5.74, 6) is 0.220. The smallest absolute Gasteiger partial charge is 0.305 e. The number of carbonyl (C=O) groups excluding carboxylic acids is 1. The van der Waals surface area contributed by atoms with Gasteiger partial charge in [-0.1, -0.05) is 19.3 Å². The van der Waals surface area contributed by atoms with Gasteiger partial charge in [0.25, 0.3) is 0 Å². The van der Waals surface area contributed by atoms with Crippen LogP contribution in [0.3, 0.4) is 0 Å². The molecule has 0 saturated heterocycles. The van der Waals surface area contributed by atoms with Crippen molar-refractivity contribution in [3.63, 3.8) is 0 Å². The molecule has 0 aliphatic heterocycles. The Balaban J connectivity index is 2.40. The molecule has 0 heterocycles. The van der Waals surface area contributed by atoms with Gasteiger partial charge in [-0.05, 0) is 18.8 Å². The monoisotopic (exact) mass is 185 g/mol. The molecule has 1 fully saturated rings.